The third-order valence-corrected chi connectivity index (χ3v) is 0.403. The summed E-state index contributed by atoms with van der Waals surface area (Å²) < 4.78 is 0. The molecule has 41 valence electrons. The second-order valence-corrected chi connectivity index (χ2v) is 1.31. The van der Waals surface area contributed by atoms with Crippen LogP contribution in [0.5, 0.6) is 0 Å². The van der Waals surface area contributed by atoms with Crippen molar-refractivity contribution < 1.29 is 16.8 Å². The van der Waals surface area contributed by atoms with Crippen molar-refractivity contribution in [1.29, 1.82) is 0 Å². The summed E-state index contributed by atoms with van der Waals surface area (Å²) in [6.45, 7) is 0.349. The Labute approximate surface area is 52.4 Å². The van der Waals surface area contributed by atoms with E-state index in [0.29, 0.717) is 6.54 Å². The van der Waals surface area contributed by atoms with Crippen molar-refractivity contribution in [3.63, 3.8) is 0 Å². The van der Waals surface area contributed by atoms with Gasteiger partial charge in [0.25, 0.3) is 0 Å². The molecule has 4 N–H and O–H groups in total. The van der Waals surface area contributed by atoms with E-state index in [0.717, 1.165) is 0 Å². The van der Waals surface area contributed by atoms with Crippen LogP contribution in [-0.4, -0.2) is 12.0 Å². The van der Waals surface area contributed by atoms with E-state index in [-0.39, 0.29) is 22.3 Å². The average Bonchev–Trinajstić information content (AvgIpc) is 1.38. The van der Waals surface area contributed by atoms with Crippen LogP contribution < -0.4 is 11.5 Å². The van der Waals surface area contributed by atoms with Crippen LogP contribution in [-0.2, 0) is 16.8 Å². The van der Waals surface area contributed by atoms with Crippen LogP contribution in [0.1, 0.15) is 0 Å². The number of alkyl halides is 1. The van der Waals surface area contributed by atoms with Gasteiger partial charge in [0.1, 0.15) is 0 Å². The third kappa shape index (κ3) is 8.83. The Bertz CT molecular complexity index is 25.5. The van der Waals surface area contributed by atoms with Crippen LogP contribution in [0.15, 0.2) is 0 Å². The SMILES string of the molecule is NCC(N)Cl.[Co]. The molecule has 0 rings (SSSR count). The first kappa shape index (κ1) is 9.87. The molecule has 0 aliphatic rings. The number of rotatable bonds is 1. The van der Waals surface area contributed by atoms with Gasteiger partial charge < -0.3 is 11.5 Å². The van der Waals surface area contributed by atoms with Crippen molar-refractivity contribution in [2.24, 2.45) is 11.5 Å². The topological polar surface area (TPSA) is 52.0 Å². The Kier molecular flexibility index (Phi) is 9.40. The molecule has 1 unspecified atom stereocenters. The van der Waals surface area contributed by atoms with E-state index in [1.54, 1.807) is 0 Å². The van der Waals surface area contributed by atoms with Crippen molar-refractivity contribution >= 4 is 11.6 Å². The fourth-order valence-corrected chi connectivity index (χ4v) is 0. The molecule has 0 aliphatic carbocycles. The van der Waals surface area contributed by atoms with Gasteiger partial charge in [-0.1, -0.05) is 0 Å². The van der Waals surface area contributed by atoms with Gasteiger partial charge in [-0.15, -0.1) is 11.6 Å². The summed E-state index contributed by atoms with van der Waals surface area (Å²) in [6.07, 6.45) is 0. The molecular weight excluding hydrogens is 146 g/mol. The predicted octanol–water partition coefficient (Wildman–Crippen LogP) is -0.534. The van der Waals surface area contributed by atoms with E-state index in [9.17, 15) is 0 Å². The zero-order valence-electron chi connectivity index (χ0n) is 3.15. The molecule has 0 aromatic rings. The smallest absolute Gasteiger partial charge is 0.0924 e. The summed E-state index contributed by atoms with van der Waals surface area (Å²) in [7, 11) is 0. The van der Waals surface area contributed by atoms with Gasteiger partial charge in [0, 0.05) is 23.3 Å². The molecule has 0 amide bonds. The van der Waals surface area contributed by atoms with E-state index in [1.807, 2.05) is 0 Å². The van der Waals surface area contributed by atoms with E-state index in [1.165, 1.54) is 0 Å². The summed E-state index contributed by atoms with van der Waals surface area (Å²) in [6, 6.07) is 0. The number of halogens is 1. The molecule has 0 bridgehead atoms. The number of hydrogen-bond acceptors (Lipinski definition) is 2. The van der Waals surface area contributed by atoms with Crippen molar-refractivity contribution in [2.45, 2.75) is 5.50 Å². The Morgan fingerprint density at radius 1 is 1.67 bits per heavy atom. The maximum Gasteiger partial charge on any atom is 0.0924 e. The molecule has 0 heterocycles. The maximum absolute atomic E-state index is 5.11. The first-order chi connectivity index (χ1) is 2.27. The maximum atomic E-state index is 5.11. The second kappa shape index (κ2) is 5.72. The van der Waals surface area contributed by atoms with E-state index in [4.69, 9.17) is 23.1 Å². The Balaban J connectivity index is 0. The molecule has 0 saturated heterocycles. The Hall–Kier alpha value is 0.716. The normalized spacial score (nSPS) is 12.5. The van der Waals surface area contributed by atoms with Gasteiger partial charge in [0.2, 0.25) is 0 Å². The average molecular weight is 153 g/mol. The summed E-state index contributed by atoms with van der Waals surface area (Å²) >= 11 is 5.11. The molecule has 1 radical (unpaired) electrons. The first-order valence-electron chi connectivity index (χ1n) is 1.37. The Morgan fingerprint density at radius 2 is 1.83 bits per heavy atom. The summed E-state index contributed by atoms with van der Waals surface area (Å²) in [4.78, 5) is 0. The molecule has 0 spiro atoms. The van der Waals surface area contributed by atoms with Gasteiger partial charge in [0.15, 0.2) is 0 Å². The van der Waals surface area contributed by atoms with Gasteiger partial charge >= 0.3 is 0 Å². The molecule has 6 heavy (non-hydrogen) atoms. The molecule has 0 saturated carbocycles. The van der Waals surface area contributed by atoms with Crippen molar-refractivity contribution in [1.82, 2.24) is 0 Å². The molecule has 0 fully saturated rings. The first-order valence-corrected chi connectivity index (χ1v) is 1.80. The third-order valence-electron chi connectivity index (χ3n) is 0.225. The molecular formula is C2H7ClCoN2. The summed E-state index contributed by atoms with van der Waals surface area (Å²) in [5.41, 5.74) is 9.48. The molecule has 0 aromatic carbocycles. The minimum Gasteiger partial charge on any atom is -0.328 e. The molecule has 1 atom stereocenters. The van der Waals surface area contributed by atoms with Crippen molar-refractivity contribution in [2.75, 3.05) is 6.54 Å². The van der Waals surface area contributed by atoms with Crippen LogP contribution >= 0.6 is 11.6 Å². The largest absolute Gasteiger partial charge is 0.328 e. The zero-order chi connectivity index (χ0) is 4.28. The fraction of sp³-hybridized carbons (Fsp3) is 1.00. The van der Waals surface area contributed by atoms with Gasteiger partial charge in [-0.3, -0.25) is 0 Å². The van der Waals surface area contributed by atoms with Crippen LogP contribution in [0.25, 0.3) is 0 Å². The van der Waals surface area contributed by atoms with Gasteiger partial charge in [-0.05, 0) is 0 Å². The molecule has 0 aromatic heterocycles. The monoisotopic (exact) mass is 153 g/mol. The standard InChI is InChI=1S/C2H7ClN2.Co/c3-2(5)1-4;/h2H,1,4-5H2;. The van der Waals surface area contributed by atoms with Crippen molar-refractivity contribution in [3.8, 4) is 0 Å². The molecule has 2 nitrogen and oxygen atoms in total. The van der Waals surface area contributed by atoms with E-state index < -0.39 is 0 Å². The minimum absolute atomic E-state index is 0. The summed E-state index contributed by atoms with van der Waals surface area (Å²) in [5, 5.41) is 0. The van der Waals surface area contributed by atoms with Crippen LogP contribution in [0.3, 0.4) is 0 Å². The second-order valence-electron chi connectivity index (χ2n) is 0.752. The van der Waals surface area contributed by atoms with Crippen LogP contribution in [0.2, 0.25) is 0 Å². The number of hydrogen-bond donors (Lipinski definition) is 2. The Morgan fingerprint density at radius 3 is 1.83 bits per heavy atom. The summed E-state index contributed by atoms with van der Waals surface area (Å²) in [5.74, 6) is 0. The quantitative estimate of drug-likeness (QED) is 0.393. The van der Waals surface area contributed by atoms with Gasteiger partial charge in [0.05, 0.1) is 5.50 Å². The molecule has 0 aliphatic heterocycles. The zero-order valence-corrected chi connectivity index (χ0v) is 4.95. The minimum atomic E-state index is -0.366. The van der Waals surface area contributed by atoms with E-state index >= 15 is 0 Å². The fourth-order valence-electron chi connectivity index (χ4n) is 0. The van der Waals surface area contributed by atoms with Gasteiger partial charge in [-0.25, -0.2) is 0 Å². The van der Waals surface area contributed by atoms with Crippen molar-refractivity contribution in [3.05, 3.63) is 0 Å². The van der Waals surface area contributed by atoms with E-state index in [2.05, 4.69) is 0 Å². The predicted molar refractivity (Wildman–Crippen MR) is 22.9 cm³/mol. The van der Waals surface area contributed by atoms with Crippen LogP contribution in [0.4, 0.5) is 0 Å². The van der Waals surface area contributed by atoms with Gasteiger partial charge in [-0.2, -0.15) is 0 Å². The number of nitrogens with two attached hydrogens (primary N) is 2. The molecule has 4 heteroatoms. The van der Waals surface area contributed by atoms with Crippen LogP contribution in [0, 0.1) is 0 Å².